The molecule has 0 aliphatic rings. The van der Waals surface area contributed by atoms with Gasteiger partial charge in [0.05, 0.1) is 0 Å². The number of halogens is 1. The molecule has 0 fully saturated rings. The molecule has 1 aromatic carbocycles. The van der Waals surface area contributed by atoms with Crippen LogP contribution in [0.15, 0.2) is 30.3 Å². The summed E-state index contributed by atoms with van der Waals surface area (Å²) < 4.78 is 0. The Labute approximate surface area is 117 Å². The molecule has 0 unspecified atom stereocenters. The number of aryl methyl sites for hydroxylation is 1. The summed E-state index contributed by atoms with van der Waals surface area (Å²) in [5, 5.41) is 3.64. The molecule has 0 spiro atoms. The van der Waals surface area contributed by atoms with Crippen LogP contribution in [0.5, 0.6) is 0 Å². The molecule has 0 saturated heterocycles. The number of hydrogen-bond donors (Lipinski definition) is 1. The van der Waals surface area contributed by atoms with Crippen molar-refractivity contribution in [2.75, 3.05) is 12.4 Å². The van der Waals surface area contributed by atoms with E-state index < -0.39 is 0 Å². The Morgan fingerprint density at radius 3 is 2.28 bits per heavy atom. The number of hydrogen-bond acceptors (Lipinski definition) is 1. The van der Waals surface area contributed by atoms with E-state index in [9.17, 15) is 0 Å². The third kappa shape index (κ3) is 4.99. The zero-order valence-corrected chi connectivity index (χ0v) is 12.5. The number of unbranched alkanes of at least 4 members (excludes halogenated alkanes) is 1. The van der Waals surface area contributed by atoms with E-state index in [4.69, 9.17) is 11.6 Å². The monoisotopic (exact) mass is 267 g/mol. The minimum atomic E-state index is 0.147. The summed E-state index contributed by atoms with van der Waals surface area (Å²) in [5.74, 6) is 0.707. The van der Waals surface area contributed by atoms with E-state index in [-0.39, 0.29) is 5.54 Å². The summed E-state index contributed by atoms with van der Waals surface area (Å²) >= 11 is 6.07. The number of alkyl halides is 1. The summed E-state index contributed by atoms with van der Waals surface area (Å²) in [6.45, 7) is 5.49. The lowest BCUT2D eigenvalue weighted by atomic mass is 9.95. The minimum Gasteiger partial charge on any atom is -0.310 e. The molecule has 2 heteroatoms. The SMILES string of the molecule is CCC(CC)(CCl)NCCCCc1ccccc1. The lowest BCUT2D eigenvalue weighted by molar-refractivity contribution is 0.334. The lowest BCUT2D eigenvalue weighted by Crippen LogP contribution is -2.46. The number of rotatable bonds is 9. The van der Waals surface area contributed by atoms with Gasteiger partial charge >= 0.3 is 0 Å². The standard InChI is InChI=1S/C16H26ClN/c1-3-16(4-2,14-17)18-13-9-8-12-15-10-6-5-7-11-15/h5-7,10-11,18H,3-4,8-9,12-14H2,1-2H3. The predicted molar refractivity (Wildman–Crippen MR) is 81.4 cm³/mol. The molecule has 0 aromatic heterocycles. The zero-order valence-electron chi connectivity index (χ0n) is 11.7. The molecule has 0 radical (unpaired) electrons. The highest BCUT2D eigenvalue weighted by Crippen LogP contribution is 2.17. The Hall–Kier alpha value is -0.530. The first kappa shape index (κ1) is 15.5. The molecule has 1 N–H and O–H groups in total. The molecule has 0 bridgehead atoms. The summed E-state index contributed by atoms with van der Waals surface area (Å²) in [6, 6.07) is 10.7. The highest BCUT2D eigenvalue weighted by Gasteiger charge is 2.23. The Kier molecular flexibility index (Phi) is 7.38. The van der Waals surface area contributed by atoms with Gasteiger partial charge in [-0.3, -0.25) is 0 Å². The Bertz CT molecular complexity index is 298. The maximum atomic E-state index is 6.07. The Balaban J connectivity index is 2.18. The van der Waals surface area contributed by atoms with Crippen molar-refractivity contribution in [3.05, 3.63) is 35.9 Å². The molecular weight excluding hydrogens is 242 g/mol. The van der Waals surface area contributed by atoms with Crippen molar-refractivity contribution in [1.29, 1.82) is 0 Å². The fourth-order valence-electron chi connectivity index (χ4n) is 2.19. The smallest absolute Gasteiger partial charge is 0.0405 e. The van der Waals surface area contributed by atoms with Gasteiger partial charge in [0.15, 0.2) is 0 Å². The highest BCUT2D eigenvalue weighted by atomic mass is 35.5. The van der Waals surface area contributed by atoms with Gasteiger partial charge in [0, 0.05) is 11.4 Å². The van der Waals surface area contributed by atoms with Crippen LogP contribution in [0.3, 0.4) is 0 Å². The quantitative estimate of drug-likeness (QED) is 0.517. The average Bonchev–Trinajstić information content (AvgIpc) is 2.45. The van der Waals surface area contributed by atoms with E-state index >= 15 is 0 Å². The molecule has 1 nitrogen and oxygen atoms in total. The molecule has 0 heterocycles. The third-order valence-electron chi connectivity index (χ3n) is 3.84. The highest BCUT2D eigenvalue weighted by molar-refractivity contribution is 6.18. The topological polar surface area (TPSA) is 12.0 Å². The number of nitrogens with one attached hydrogen (secondary N) is 1. The molecule has 0 amide bonds. The van der Waals surface area contributed by atoms with Crippen LogP contribution in [-0.4, -0.2) is 18.0 Å². The fourth-order valence-corrected chi connectivity index (χ4v) is 2.66. The first-order valence-corrected chi connectivity index (χ1v) is 7.64. The molecule has 102 valence electrons. The molecule has 18 heavy (non-hydrogen) atoms. The average molecular weight is 268 g/mol. The first-order valence-electron chi connectivity index (χ1n) is 7.11. The molecular formula is C16H26ClN. The van der Waals surface area contributed by atoms with Crippen molar-refractivity contribution < 1.29 is 0 Å². The summed E-state index contributed by atoms with van der Waals surface area (Å²) in [6.07, 6.45) is 5.84. The van der Waals surface area contributed by atoms with Crippen molar-refractivity contribution in [3.63, 3.8) is 0 Å². The van der Waals surface area contributed by atoms with E-state index in [0.717, 1.165) is 19.4 Å². The van der Waals surface area contributed by atoms with Gasteiger partial charge in [-0.2, -0.15) is 0 Å². The summed E-state index contributed by atoms with van der Waals surface area (Å²) in [4.78, 5) is 0. The van der Waals surface area contributed by atoms with Gasteiger partial charge in [-0.1, -0.05) is 44.2 Å². The van der Waals surface area contributed by atoms with Gasteiger partial charge in [-0.05, 0) is 44.2 Å². The molecule has 0 aliphatic carbocycles. The van der Waals surface area contributed by atoms with Gasteiger partial charge in [0.2, 0.25) is 0 Å². The summed E-state index contributed by atoms with van der Waals surface area (Å²) in [5.41, 5.74) is 1.58. The van der Waals surface area contributed by atoms with Crippen LogP contribution in [0, 0.1) is 0 Å². The lowest BCUT2D eigenvalue weighted by Gasteiger charge is -2.30. The van der Waals surface area contributed by atoms with E-state index in [1.165, 1.54) is 24.8 Å². The van der Waals surface area contributed by atoms with Crippen LogP contribution in [0.4, 0.5) is 0 Å². The van der Waals surface area contributed by atoms with Crippen LogP contribution in [0.2, 0.25) is 0 Å². The van der Waals surface area contributed by atoms with Crippen molar-refractivity contribution in [3.8, 4) is 0 Å². The molecule has 0 saturated carbocycles. The maximum Gasteiger partial charge on any atom is 0.0405 e. The van der Waals surface area contributed by atoms with Crippen LogP contribution in [0.1, 0.15) is 45.1 Å². The molecule has 1 aromatic rings. The number of benzene rings is 1. The molecule has 0 aliphatic heterocycles. The Morgan fingerprint density at radius 2 is 1.72 bits per heavy atom. The van der Waals surface area contributed by atoms with E-state index in [0.29, 0.717) is 5.88 Å². The molecule has 0 atom stereocenters. The van der Waals surface area contributed by atoms with Crippen LogP contribution >= 0.6 is 11.6 Å². The maximum absolute atomic E-state index is 6.07. The van der Waals surface area contributed by atoms with E-state index in [2.05, 4.69) is 49.5 Å². The van der Waals surface area contributed by atoms with Crippen LogP contribution in [0.25, 0.3) is 0 Å². The second kappa shape index (κ2) is 8.55. The molecule has 1 rings (SSSR count). The third-order valence-corrected chi connectivity index (χ3v) is 4.36. The Morgan fingerprint density at radius 1 is 1.06 bits per heavy atom. The van der Waals surface area contributed by atoms with Crippen molar-refractivity contribution >= 4 is 11.6 Å². The van der Waals surface area contributed by atoms with Gasteiger partial charge in [-0.15, -0.1) is 11.6 Å². The van der Waals surface area contributed by atoms with E-state index in [1.54, 1.807) is 0 Å². The van der Waals surface area contributed by atoms with Crippen LogP contribution < -0.4 is 5.32 Å². The van der Waals surface area contributed by atoms with Crippen molar-refractivity contribution in [1.82, 2.24) is 5.32 Å². The van der Waals surface area contributed by atoms with E-state index in [1.807, 2.05) is 0 Å². The van der Waals surface area contributed by atoms with Gasteiger partial charge < -0.3 is 5.32 Å². The summed E-state index contributed by atoms with van der Waals surface area (Å²) in [7, 11) is 0. The second-order valence-electron chi connectivity index (χ2n) is 4.99. The zero-order chi connectivity index (χ0) is 13.3. The van der Waals surface area contributed by atoms with Crippen LogP contribution in [-0.2, 0) is 6.42 Å². The van der Waals surface area contributed by atoms with Crippen molar-refractivity contribution in [2.24, 2.45) is 0 Å². The van der Waals surface area contributed by atoms with Gasteiger partial charge in [0.25, 0.3) is 0 Å². The fraction of sp³-hybridized carbons (Fsp3) is 0.625. The van der Waals surface area contributed by atoms with Gasteiger partial charge in [0.1, 0.15) is 0 Å². The van der Waals surface area contributed by atoms with Crippen molar-refractivity contribution in [2.45, 2.75) is 51.5 Å². The minimum absolute atomic E-state index is 0.147. The van der Waals surface area contributed by atoms with Gasteiger partial charge in [-0.25, -0.2) is 0 Å². The largest absolute Gasteiger partial charge is 0.310 e. The predicted octanol–water partition coefficient (Wildman–Crippen LogP) is 4.40. The first-order chi connectivity index (χ1) is 8.76. The second-order valence-corrected chi connectivity index (χ2v) is 5.26. The normalized spacial score (nSPS) is 11.7.